The molecule has 1 saturated carbocycles. The van der Waals surface area contributed by atoms with Crippen LogP contribution in [0.3, 0.4) is 0 Å². The Morgan fingerprint density at radius 3 is 2.44 bits per heavy atom. The molecule has 0 bridgehead atoms. The summed E-state index contributed by atoms with van der Waals surface area (Å²) in [6, 6.07) is 20.2. The molecule has 5 nitrogen and oxygen atoms in total. The highest BCUT2D eigenvalue weighted by atomic mass is 32.2. The topological polar surface area (TPSA) is 55.2 Å². The fraction of sp³-hybridized carbons (Fsp3) is 0.393. The van der Waals surface area contributed by atoms with E-state index in [1.165, 1.54) is 24.8 Å². The lowest BCUT2D eigenvalue weighted by Gasteiger charge is -2.30. The van der Waals surface area contributed by atoms with Gasteiger partial charge in [0.2, 0.25) is 5.91 Å². The molecule has 1 fully saturated rings. The third-order valence-electron chi connectivity index (χ3n) is 6.84. The van der Waals surface area contributed by atoms with Crippen molar-refractivity contribution in [2.45, 2.75) is 68.3 Å². The number of para-hydroxylation sites is 1. The smallest absolute Gasteiger partial charge is 0.264 e. The highest BCUT2D eigenvalue weighted by Gasteiger charge is 2.28. The van der Waals surface area contributed by atoms with Crippen LogP contribution in [0.5, 0.6) is 0 Å². The number of nitrogens with zero attached hydrogens (tertiary/aromatic N) is 3. The third kappa shape index (κ3) is 5.12. The molecular formula is C28H31N3O2S. The van der Waals surface area contributed by atoms with Gasteiger partial charge in [0.15, 0.2) is 5.16 Å². The molecule has 6 heteroatoms. The zero-order chi connectivity index (χ0) is 23.3. The number of carbonyl (C=O) groups excluding carboxylic acids is 1. The van der Waals surface area contributed by atoms with E-state index in [0.29, 0.717) is 36.7 Å². The van der Waals surface area contributed by atoms with E-state index in [4.69, 9.17) is 4.98 Å². The first kappa shape index (κ1) is 22.9. The molecule has 2 aromatic carbocycles. The number of aryl methyl sites for hydroxylation is 1. The maximum atomic E-state index is 13.7. The predicted octanol–water partition coefficient (Wildman–Crippen LogP) is 5.17. The van der Waals surface area contributed by atoms with Crippen LogP contribution in [-0.2, 0) is 24.2 Å². The van der Waals surface area contributed by atoms with Crippen molar-refractivity contribution in [1.29, 1.82) is 0 Å². The Kier molecular flexibility index (Phi) is 7.14. The Hall–Kier alpha value is -2.86. The predicted molar refractivity (Wildman–Crippen MR) is 136 cm³/mol. The van der Waals surface area contributed by atoms with E-state index in [0.717, 1.165) is 35.8 Å². The first-order valence-corrected chi connectivity index (χ1v) is 13.3. The largest absolute Gasteiger partial charge is 0.338 e. The van der Waals surface area contributed by atoms with Crippen LogP contribution in [-0.4, -0.2) is 32.2 Å². The summed E-state index contributed by atoms with van der Waals surface area (Å²) in [5.41, 5.74) is 3.66. The number of unbranched alkanes of at least 4 members (excludes halogenated alkanes) is 1. The van der Waals surface area contributed by atoms with Crippen molar-refractivity contribution in [3.05, 3.63) is 87.8 Å². The lowest BCUT2D eigenvalue weighted by molar-refractivity contribution is -0.132. The monoisotopic (exact) mass is 473 g/mol. The number of amides is 1. The minimum absolute atomic E-state index is 0.0281. The lowest BCUT2D eigenvalue weighted by Crippen LogP contribution is -2.41. The number of fused-ring (bicyclic) bond motifs is 1. The van der Waals surface area contributed by atoms with Crippen molar-refractivity contribution >= 4 is 17.7 Å². The van der Waals surface area contributed by atoms with Crippen LogP contribution in [0.2, 0.25) is 0 Å². The molecule has 3 aromatic rings. The second-order valence-electron chi connectivity index (χ2n) is 9.22. The first-order chi connectivity index (χ1) is 16.7. The average Bonchev–Trinajstić information content (AvgIpc) is 2.85. The van der Waals surface area contributed by atoms with Crippen LogP contribution in [0.1, 0.15) is 55.3 Å². The zero-order valence-corrected chi connectivity index (χ0v) is 20.3. The summed E-state index contributed by atoms with van der Waals surface area (Å²) in [6.45, 7) is 1.000. The summed E-state index contributed by atoms with van der Waals surface area (Å²) in [4.78, 5) is 33.4. The number of carbonyl (C=O) groups is 1. The summed E-state index contributed by atoms with van der Waals surface area (Å²) < 4.78 is 1.76. The van der Waals surface area contributed by atoms with Crippen LogP contribution in [0.15, 0.2) is 70.6 Å². The van der Waals surface area contributed by atoms with Gasteiger partial charge in [-0.1, -0.05) is 66.7 Å². The Balaban J connectivity index is 1.30. The molecule has 0 spiro atoms. The maximum Gasteiger partial charge on any atom is 0.264 e. The van der Waals surface area contributed by atoms with Crippen molar-refractivity contribution < 1.29 is 4.79 Å². The van der Waals surface area contributed by atoms with Gasteiger partial charge in [-0.3, -0.25) is 14.2 Å². The number of benzene rings is 2. The Labute approximate surface area is 205 Å². The molecule has 5 rings (SSSR count). The maximum absolute atomic E-state index is 13.7. The highest BCUT2D eigenvalue weighted by Crippen LogP contribution is 2.36. The highest BCUT2D eigenvalue weighted by molar-refractivity contribution is 7.99. The van der Waals surface area contributed by atoms with E-state index >= 15 is 0 Å². The van der Waals surface area contributed by atoms with Crippen molar-refractivity contribution in [1.82, 2.24) is 14.5 Å². The van der Waals surface area contributed by atoms with E-state index in [2.05, 4.69) is 24.3 Å². The summed E-state index contributed by atoms with van der Waals surface area (Å²) in [6.07, 6.45) is 7.62. The van der Waals surface area contributed by atoms with Crippen LogP contribution >= 0.6 is 11.8 Å². The third-order valence-corrected chi connectivity index (χ3v) is 8.13. The Bertz CT molecular complexity index is 1190. The fourth-order valence-corrected chi connectivity index (χ4v) is 5.92. The molecule has 1 aliphatic heterocycles. The molecule has 2 heterocycles. The summed E-state index contributed by atoms with van der Waals surface area (Å²) in [5.74, 6) is 0.136. The summed E-state index contributed by atoms with van der Waals surface area (Å²) in [5, 5.41) is 1.33. The molecular weight excluding hydrogens is 442 g/mol. The van der Waals surface area contributed by atoms with E-state index in [1.54, 1.807) is 16.3 Å². The second kappa shape index (κ2) is 10.6. The van der Waals surface area contributed by atoms with E-state index < -0.39 is 0 Å². The van der Waals surface area contributed by atoms with Crippen LogP contribution < -0.4 is 5.56 Å². The van der Waals surface area contributed by atoms with Gasteiger partial charge in [0.25, 0.3) is 5.56 Å². The van der Waals surface area contributed by atoms with E-state index in [1.807, 2.05) is 41.3 Å². The van der Waals surface area contributed by atoms with Gasteiger partial charge in [-0.15, -0.1) is 0 Å². The Morgan fingerprint density at radius 1 is 1.00 bits per heavy atom. The molecule has 1 aliphatic carbocycles. The van der Waals surface area contributed by atoms with Gasteiger partial charge in [-0.25, -0.2) is 4.98 Å². The molecule has 1 aromatic heterocycles. The number of thioether (sulfide) groups is 1. The van der Waals surface area contributed by atoms with Crippen molar-refractivity contribution in [3.63, 3.8) is 0 Å². The minimum Gasteiger partial charge on any atom is -0.338 e. The number of hydrogen-bond donors (Lipinski definition) is 0. The molecule has 2 aliphatic rings. The van der Waals surface area contributed by atoms with Crippen LogP contribution in [0.4, 0.5) is 0 Å². The number of aromatic nitrogens is 2. The van der Waals surface area contributed by atoms with Gasteiger partial charge in [0, 0.05) is 24.6 Å². The van der Waals surface area contributed by atoms with E-state index in [9.17, 15) is 9.59 Å². The summed E-state index contributed by atoms with van der Waals surface area (Å²) in [7, 11) is 0. The molecule has 0 N–H and O–H groups in total. The Morgan fingerprint density at radius 2 is 1.74 bits per heavy atom. The molecule has 0 saturated heterocycles. The van der Waals surface area contributed by atoms with Crippen molar-refractivity contribution in [3.8, 4) is 5.69 Å². The van der Waals surface area contributed by atoms with Gasteiger partial charge < -0.3 is 4.90 Å². The normalized spacial score (nSPS) is 15.6. The standard InChI is InChI=1S/C28H31N3O2S/c32-26(17-8-7-12-21-10-3-1-4-11-21)30-19-18-25-24(20-30)27(33)31(22-13-5-2-6-14-22)28(29-25)34-23-15-9-16-23/h1-6,10-11,13-14,23H,7-9,12,15-20H2. The van der Waals surface area contributed by atoms with Gasteiger partial charge >= 0.3 is 0 Å². The molecule has 1 amide bonds. The van der Waals surface area contributed by atoms with Gasteiger partial charge in [-0.05, 0) is 49.8 Å². The average molecular weight is 474 g/mol. The fourth-order valence-electron chi connectivity index (χ4n) is 4.60. The van der Waals surface area contributed by atoms with Gasteiger partial charge in [0.1, 0.15) is 0 Å². The lowest BCUT2D eigenvalue weighted by atomic mass is 10.0. The minimum atomic E-state index is -0.0281. The zero-order valence-electron chi connectivity index (χ0n) is 19.5. The summed E-state index contributed by atoms with van der Waals surface area (Å²) >= 11 is 1.73. The van der Waals surface area contributed by atoms with Gasteiger partial charge in [-0.2, -0.15) is 0 Å². The quantitative estimate of drug-likeness (QED) is 0.334. The molecule has 0 unspecified atom stereocenters. The molecule has 0 atom stereocenters. The second-order valence-corrected chi connectivity index (χ2v) is 10.5. The van der Waals surface area contributed by atoms with Crippen LogP contribution in [0.25, 0.3) is 5.69 Å². The van der Waals surface area contributed by atoms with Crippen LogP contribution in [0, 0.1) is 0 Å². The first-order valence-electron chi connectivity index (χ1n) is 12.4. The SMILES string of the molecule is O=C(CCCCc1ccccc1)N1CCc2nc(SC3CCC3)n(-c3ccccc3)c(=O)c2C1. The van der Waals surface area contributed by atoms with Crippen molar-refractivity contribution in [2.24, 2.45) is 0 Å². The molecule has 176 valence electrons. The van der Waals surface area contributed by atoms with Gasteiger partial charge in [0.05, 0.1) is 23.5 Å². The van der Waals surface area contributed by atoms with Crippen molar-refractivity contribution in [2.75, 3.05) is 6.54 Å². The molecule has 0 radical (unpaired) electrons. The number of hydrogen-bond acceptors (Lipinski definition) is 4. The number of rotatable bonds is 8. The molecule has 34 heavy (non-hydrogen) atoms. The van der Waals surface area contributed by atoms with E-state index in [-0.39, 0.29) is 11.5 Å².